The molecule has 0 bridgehead atoms. The molecule has 2 aromatic rings. The first kappa shape index (κ1) is 19.6. The molecule has 136 valence electrons. The molecule has 0 saturated heterocycles. The maximum absolute atomic E-state index is 12.2. The fraction of sp³-hybridized carbons (Fsp3) is 0.353. The van der Waals surface area contributed by atoms with Crippen LogP contribution in [-0.2, 0) is 21.4 Å². The van der Waals surface area contributed by atoms with Gasteiger partial charge in [0.05, 0.1) is 11.4 Å². The number of benzene rings is 1. The van der Waals surface area contributed by atoms with Crippen molar-refractivity contribution in [2.24, 2.45) is 0 Å². The van der Waals surface area contributed by atoms with E-state index in [1.54, 1.807) is 23.5 Å². The Morgan fingerprint density at radius 1 is 1.12 bits per heavy atom. The SMILES string of the molecule is Cc1ccsc1CN(C)CC(=O)Nc1ccc(S(=O)(=O)N(C)C)cc1. The summed E-state index contributed by atoms with van der Waals surface area (Å²) in [5, 5.41) is 4.83. The lowest BCUT2D eigenvalue weighted by Crippen LogP contribution is -2.29. The summed E-state index contributed by atoms with van der Waals surface area (Å²) >= 11 is 1.68. The summed E-state index contributed by atoms with van der Waals surface area (Å²) in [6.07, 6.45) is 0. The van der Waals surface area contributed by atoms with Crippen LogP contribution in [0.4, 0.5) is 5.69 Å². The quantitative estimate of drug-likeness (QED) is 0.799. The van der Waals surface area contributed by atoms with Crippen molar-refractivity contribution in [1.82, 2.24) is 9.21 Å². The van der Waals surface area contributed by atoms with Gasteiger partial charge >= 0.3 is 0 Å². The molecule has 0 spiro atoms. The largest absolute Gasteiger partial charge is 0.325 e. The highest BCUT2D eigenvalue weighted by molar-refractivity contribution is 7.89. The van der Waals surface area contributed by atoms with Crippen molar-refractivity contribution in [1.29, 1.82) is 0 Å². The molecule has 1 N–H and O–H groups in total. The van der Waals surface area contributed by atoms with Gasteiger partial charge in [0, 0.05) is 31.2 Å². The van der Waals surface area contributed by atoms with Crippen LogP contribution < -0.4 is 5.32 Å². The summed E-state index contributed by atoms with van der Waals surface area (Å²) in [6.45, 7) is 3.04. The number of hydrogen-bond acceptors (Lipinski definition) is 5. The van der Waals surface area contributed by atoms with Crippen LogP contribution in [-0.4, -0.2) is 51.2 Å². The minimum Gasteiger partial charge on any atom is -0.325 e. The van der Waals surface area contributed by atoms with Crippen LogP contribution in [0.2, 0.25) is 0 Å². The molecule has 0 aliphatic rings. The maximum Gasteiger partial charge on any atom is 0.242 e. The van der Waals surface area contributed by atoms with E-state index < -0.39 is 10.0 Å². The van der Waals surface area contributed by atoms with Gasteiger partial charge in [-0.3, -0.25) is 9.69 Å². The number of likely N-dealkylation sites (N-methyl/N-ethyl adjacent to an activating group) is 1. The number of aryl methyl sites for hydroxylation is 1. The van der Waals surface area contributed by atoms with E-state index in [9.17, 15) is 13.2 Å². The Hall–Kier alpha value is -1.74. The molecule has 1 heterocycles. The molecular formula is C17H23N3O3S2. The van der Waals surface area contributed by atoms with Crippen LogP contribution >= 0.6 is 11.3 Å². The van der Waals surface area contributed by atoms with Gasteiger partial charge in [-0.1, -0.05) is 0 Å². The monoisotopic (exact) mass is 381 g/mol. The van der Waals surface area contributed by atoms with E-state index >= 15 is 0 Å². The molecule has 0 atom stereocenters. The number of thiophene rings is 1. The van der Waals surface area contributed by atoms with E-state index in [-0.39, 0.29) is 17.3 Å². The number of sulfonamides is 1. The fourth-order valence-electron chi connectivity index (χ4n) is 2.23. The zero-order valence-corrected chi connectivity index (χ0v) is 16.4. The molecule has 0 radical (unpaired) electrons. The zero-order valence-electron chi connectivity index (χ0n) is 14.8. The lowest BCUT2D eigenvalue weighted by atomic mass is 10.3. The Bertz CT molecular complexity index is 827. The number of hydrogen-bond donors (Lipinski definition) is 1. The highest BCUT2D eigenvalue weighted by atomic mass is 32.2. The number of amides is 1. The third kappa shape index (κ3) is 5.12. The minimum atomic E-state index is -3.46. The molecule has 8 heteroatoms. The van der Waals surface area contributed by atoms with Crippen LogP contribution in [0, 0.1) is 6.92 Å². The van der Waals surface area contributed by atoms with Gasteiger partial charge in [0.15, 0.2) is 0 Å². The third-order valence-corrected chi connectivity index (χ3v) is 6.55. The zero-order chi connectivity index (χ0) is 18.6. The summed E-state index contributed by atoms with van der Waals surface area (Å²) in [5.41, 5.74) is 1.80. The van der Waals surface area contributed by atoms with Crippen molar-refractivity contribution in [3.05, 3.63) is 46.2 Å². The van der Waals surface area contributed by atoms with E-state index in [4.69, 9.17) is 0 Å². The first-order valence-corrected chi connectivity index (χ1v) is 10.1. The van der Waals surface area contributed by atoms with Crippen LogP contribution in [0.5, 0.6) is 0 Å². The Morgan fingerprint density at radius 3 is 2.28 bits per heavy atom. The summed E-state index contributed by atoms with van der Waals surface area (Å²) in [6, 6.07) is 8.24. The van der Waals surface area contributed by atoms with Crippen molar-refractivity contribution in [3.8, 4) is 0 Å². The second-order valence-electron chi connectivity index (χ2n) is 6.06. The van der Waals surface area contributed by atoms with Gasteiger partial charge in [-0.05, 0) is 55.2 Å². The second-order valence-corrected chi connectivity index (χ2v) is 9.21. The summed E-state index contributed by atoms with van der Waals surface area (Å²) < 4.78 is 25.2. The van der Waals surface area contributed by atoms with Crippen molar-refractivity contribution in [2.75, 3.05) is 33.0 Å². The van der Waals surface area contributed by atoms with Crippen LogP contribution in [0.1, 0.15) is 10.4 Å². The van der Waals surface area contributed by atoms with E-state index in [0.717, 1.165) is 10.8 Å². The minimum absolute atomic E-state index is 0.139. The van der Waals surface area contributed by atoms with Crippen molar-refractivity contribution in [2.45, 2.75) is 18.4 Å². The lowest BCUT2D eigenvalue weighted by Gasteiger charge is -2.16. The molecule has 1 amide bonds. The van der Waals surface area contributed by atoms with Gasteiger partial charge in [-0.25, -0.2) is 12.7 Å². The predicted octanol–water partition coefficient (Wildman–Crippen LogP) is 2.38. The number of nitrogens with zero attached hydrogens (tertiary/aromatic N) is 2. The molecule has 0 saturated carbocycles. The normalized spacial score (nSPS) is 11.9. The number of nitrogens with one attached hydrogen (secondary N) is 1. The Labute approximate surface area is 153 Å². The van der Waals surface area contributed by atoms with E-state index in [0.29, 0.717) is 5.69 Å². The van der Waals surface area contributed by atoms with Gasteiger partial charge < -0.3 is 5.32 Å². The van der Waals surface area contributed by atoms with E-state index in [1.165, 1.54) is 36.7 Å². The van der Waals surface area contributed by atoms with Crippen molar-refractivity contribution < 1.29 is 13.2 Å². The average molecular weight is 382 g/mol. The van der Waals surface area contributed by atoms with Crippen LogP contribution in [0.25, 0.3) is 0 Å². The first-order valence-electron chi connectivity index (χ1n) is 7.74. The topological polar surface area (TPSA) is 69.7 Å². The van der Waals surface area contributed by atoms with Crippen LogP contribution in [0.15, 0.2) is 40.6 Å². The highest BCUT2D eigenvalue weighted by Crippen LogP contribution is 2.18. The Kier molecular flexibility index (Phi) is 6.34. The number of carbonyl (C=O) groups is 1. The number of anilines is 1. The van der Waals surface area contributed by atoms with Crippen molar-refractivity contribution in [3.63, 3.8) is 0 Å². The van der Waals surface area contributed by atoms with E-state index in [1.807, 2.05) is 17.3 Å². The average Bonchev–Trinajstić information content (AvgIpc) is 2.92. The summed E-state index contributed by atoms with van der Waals surface area (Å²) in [5.74, 6) is -0.139. The van der Waals surface area contributed by atoms with Crippen molar-refractivity contribution >= 4 is 33.0 Å². The van der Waals surface area contributed by atoms with Gasteiger partial charge in [-0.2, -0.15) is 0 Å². The molecule has 1 aromatic carbocycles. The van der Waals surface area contributed by atoms with Gasteiger partial charge in [-0.15, -0.1) is 11.3 Å². The first-order chi connectivity index (χ1) is 11.7. The standard InChI is InChI=1S/C17H23N3O3S2/c1-13-9-10-24-16(13)11-20(4)12-17(21)18-14-5-7-15(8-6-14)25(22,23)19(2)3/h5-10H,11-12H2,1-4H3,(H,18,21). The van der Waals surface area contributed by atoms with E-state index in [2.05, 4.69) is 18.3 Å². The predicted molar refractivity (Wildman–Crippen MR) is 101 cm³/mol. The molecule has 1 aromatic heterocycles. The molecule has 25 heavy (non-hydrogen) atoms. The fourth-order valence-corrected chi connectivity index (χ4v) is 4.12. The molecule has 0 unspecified atom stereocenters. The lowest BCUT2D eigenvalue weighted by molar-refractivity contribution is -0.117. The smallest absolute Gasteiger partial charge is 0.242 e. The summed E-state index contributed by atoms with van der Waals surface area (Å²) in [4.78, 5) is 15.5. The molecular weight excluding hydrogens is 358 g/mol. The molecule has 0 aliphatic carbocycles. The number of carbonyl (C=O) groups excluding carboxylic acids is 1. The summed E-state index contributed by atoms with van der Waals surface area (Å²) in [7, 11) is 1.40. The van der Waals surface area contributed by atoms with Gasteiger partial charge in [0.2, 0.25) is 15.9 Å². The third-order valence-electron chi connectivity index (χ3n) is 3.71. The van der Waals surface area contributed by atoms with Crippen LogP contribution in [0.3, 0.4) is 0 Å². The molecule has 2 rings (SSSR count). The molecule has 0 fully saturated rings. The number of rotatable bonds is 7. The highest BCUT2D eigenvalue weighted by Gasteiger charge is 2.17. The second kappa shape index (κ2) is 8.09. The van der Waals surface area contributed by atoms with Gasteiger partial charge in [0.25, 0.3) is 0 Å². The van der Waals surface area contributed by atoms with Gasteiger partial charge in [0.1, 0.15) is 0 Å². The Balaban J connectivity index is 1.93. The molecule has 0 aliphatic heterocycles. The maximum atomic E-state index is 12.2. The molecule has 6 nitrogen and oxygen atoms in total. The Morgan fingerprint density at radius 2 is 1.76 bits per heavy atom.